The quantitative estimate of drug-likeness (QED) is 0.525. The van der Waals surface area contributed by atoms with Crippen LogP contribution in [0.4, 0.5) is 10.5 Å². The van der Waals surface area contributed by atoms with Gasteiger partial charge in [-0.2, -0.15) is 0 Å². The number of para-hydroxylation sites is 1. The van der Waals surface area contributed by atoms with Crippen molar-refractivity contribution in [2.75, 3.05) is 18.5 Å². The Labute approximate surface area is 192 Å². The Bertz CT molecular complexity index is 926. The number of benzene rings is 2. The van der Waals surface area contributed by atoms with Crippen molar-refractivity contribution >= 4 is 35.2 Å². The summed E-state index contributed by atoms with van der Waals surface area (Å²) in [5.74, 6) is -0.0363. The lowest BCUT2D eigenvalue weighted by atomic mass is 10.1. The molecule has 3 amide bonds. The SMILES string of the molecule is CC(C)(C)OC(=O)NCCC(=O)Nc1ccccc1CNC(=O)COc1ccc(Cl)cc1. The molecule has 0 spiro atoms. The Morgan fingerprint density at radius 1 is 0.938 bits per heavy atom. The third-order valence-corrected chi connectivity index (χ3v) is 4.22. The Balaban J connectivity index is 1.77. The maximum Gasteiger partial charge on any atom is 0.407 e. The predicted octanol–water partition coefficient (Wildman–Crippen LogP) is 3.89. The van der Waals surface area contributed by atoms with Gasteiger partial charge in [0, 0.05) is 30.2 Å². The summed E-state index contributed by atoms with van der Waals surface area (Å²) in [5, 5.41) is 8.68. The molecule has 0 aliphatic rings. The molecule has 172 valence electrons. The maximum atomic E-state index is 12.2. The van der Waals surface area contributed by atoms with Crippen molar-refractivity contribution in [2.24, 2.45) is 0 Å². The Hall–Kier alpha value is -3.26. The molecule has 9 heteroatoms. The van der Waals surface area contributed by atoms with E-state index in [0.29, 0.717) is 16.5 Å². The minimum atomic E-state index is -0.602. The second kappa shape index (κ2) is 12.0. The largest absolute Gasteiger partial charge is 0.484 e. The van der Waals surface area contributed by atoms with Gasteiger partial charge in [0.1, 0.15) is 11.4 Å². The molecule has 0 atom stereocenters. The monoisotopic (exact) mass is 461 g/mol. The number of halogens is 1. The lowest BCUT2D eigenvalue weighted by molar-refractivity contribution is -0.123. The van der Waals surface area contributed by atoms with Gasteiger partial charge in [-0.05, 0) is 56.7 Å². The topological polar surface area (TPSA) is 106 Å². The number of hydrogen-bond donors (Lipinski definition) is 3. The van der Waals surface area contributed by atoms with Crippen molar-refractivity contribution in [3.05, 3.63) is 59.1 Å². The molecule has 3 N–H and O–H groups in total. The van der Waals surface area contributed by atoms with Crippen molar-refractivity contribution in [3.63, 3.8) is 0 Å². The average Bonchev–Trinajstić information content (AvgIpc) is 2.71. The van der Waals surface area contributed by atoms with Gasteiger partial charge in [-0.15, -0.1) is 0 Å². The first-order valence-corrected chi connectivity index (χ1v) is 10.5. The first kappa shape index (κ1) is 25.0. The highest BCUT2D eigenvalue weighted by atomic mass is 35.5. The molecular formula is C23H28ClN3O5. The van der Waals surface area contributed by atoms with Gasteiger partial charge < -0.3 is 25.4 Å². The van der Waals surface area contributed by atoms with Crippen LogP contribution in [-0.2, 0) is 20.9 Å². The summed E-state index contributed by atoms with van der Waals surface area (Å²) in [6, 6.07) is 13.8. The van der Waals surface area contributed by atoms with Crippen LogP contribution in [0.3, 0.4) is 0 Å². The summed E-state index contributed by atoms with van der Waals surface area (Å²) in [6.07, 6.45) is -0.497. The normalized spacial score (nSPS) is 10.8. The lowest BCUT2D eigenvalue weighted by Gasteiger charge is -2.19. The molecular weight excluding hydrogens is 434 g/mol. The molecule has 0 saturated heterocycles. The molecule has 8 nitrogen and oxygen atoms in total. The fourth-order valence-electron chi connectivity index (χ4n) is 2.53. The summed E-state index contributed by atoms with van der Waals surface area (Å²) < 4.78 is 10.5. The molecule has 0 aliphatic heterocycles. The van der Waals surface area contributed by atoms with E-state index < -0.39 is 11.7 Å². The molecule has 0 radical (unpaired) electrons. The highest BCUT2D eigenvalue weighted by molar-refractivity contribution is 6.30. The van der Waals surface area contributed by atoms with E-state index in [1.54, 1.807) is 63.2 Å². The van der Waals surface area contributed by atoms with Crippen LogP contribution in [0.1, 0.15) is 32.8 Å². The molecule has 0 fully saturated rings. The smallest absolute Gasteiger partial charge is 0.407 e. The van der Waals surface area contributed by atoms with Crippen LogP contribution in [0.5, 0.6) is 5.75 Å². The number of anilines is 1. The molecule has 2 aromatic carbocycles. The predicted molar refractivity (Wildman–Crippen MR) is 123 cm³/mol. The van der Waals surface area contributed by atoms with Crippen molar-refractivity contribution in [1.82, 2.24) is 10.6 Å². The minimum Gasteiger partial charge on any atom is -0.484 e. The summed E-state index contributed by atoms with van der Waals surface area (Å²) in [4.78, 5) is 36.0. The van der Waals surface area contributed by atoms with E-state index in [1.807, 2.05) is 6.07 Å². The van der Waals surface area contributed by atoms with Gasteiger partial charge in [0.15, 0.2) is 6.61 Å². The van der Waals surface area contributed by atoms with Crippen molar-refractivity contribution in [2.45, 2.75) is 39.3 Å². The van der Waals surface area contributed by atoms with Crippen LogP contribution in [0.2, 0.25) is 5.02 Å². The summed E-state index contributed by atoms with van der Waals surface area (Å²) in [5.41, 5.74) is 0.713. The molecule has 0 aliphatic carbocycles. The number of rotatable bonds is 9. The number of carbonyl (C=O) groups excluding carboxylic acids is 3. The number of hydrogen-bond acceptors (Lipinski definition) is 5. The van der Waals surface area contributed by atoms with Crippen LogP contribution >= 0.6 is 11.6 Å². The third-order valence-electron chi connectivity index (χ3n) is 3.97. The zero-order valence-electron chi connectivity index (χ0n) is 18.4. The van der Waals surface area contributed by atoms with E-state index in [0.717, 1.165) is 5.56 Å². The fourth-order valence-corrected chi connectivity index (χ4v) is 2.65. The zero-order valence-corrected chi connectivity index (χ0v) is 19.1. The summed E-state index contributed by atoms with van der Waals surface area (Å²) >= 11 is 5.82. The first-order chi connectivity index (χ1) is 15.1. The Morgan fingerprint density at radius 3 is 2.31 bits per heavy atom. The van der Waals surface area contributed by atoms with Gasteiger partial charge >= 0.3 is 6.09 Å². The van der Waals surface area contributed by atoms with Gasteiger partial charge in [-0.25, -0.2) is 4.79 Å². The van der Waals surface area contributed by atoms with Gasteiger partial charge in [-0.1, -0.05) is 29.8 Å². The van der Waals surface area contributed by atoms with Crippen molar-refractivity contribution < 1.29 is 23.9 Å². The van der Waals surface area contributed by atoms with Crippen molar-refractivity contribution in [3.8, 4) is 5.75 Å². The standard InChI is InChI=1S/C23H28ClN3O5/c1-23(2,3)32-22(30)25-13-12-20(28)27-19-7-5-4-6-16(19)14-26-21(29)15-31-18-10-8-17(24)9-11-18/h4-11H,12-15H2,1-3H3,(H,25,30)(H,26,29)(H,27,28). The van der Waals surface area contributed by atoms with E-state index in [9.17, 15) is 14.4 Å². The summed E-state index contributed by atoms with van der Waals surface area (Å²) in [6.45, 7) is 5.50. The van der Waals surface area contributed by atoms with Crippen molar-refractivity contribution in [1.29, 1.82) is 0 Å². The van der Waals surface area contributed by atoms with Gasteiger partial charge in [0.05, 0.1) is 0 Å². The Morgan fingerprint density at radius 2 is 1.62 bits per heavy atom. The molecule has 0 saturated carbocycles. The molecule has 2 rings (SSSR count). The molecule has 0 bridgehead atoms. The molecule has 2 aromatic rings. The molecule has 0 aromatic heterocycles. The molecule has 0 heterocycles. The third kappa shape index (κ3) is 9.70. The lowest BCUT2D eigenvalue weighted by Crippen LogP contribution is -2.34. The number of nitrogens with one attached hydrogen (secondary N) is 3. The molecule has 0 unspecified atom stereocenters. The Kier molecular flexibility index (Phi) is 9.34. The number of amides is 3. The molecule has 32 heavy (non-hydrogen) atoms. The van der Waals surface area contributed by atoms with Gasteiger partial charge in [-0.3, -0.25) is 9.59 Å². The second-order valence-electron chi connectivity index (χ2n) is 7.90. The van der Waals surface area contributed by atoms with E-state index in [4.69, 9.17) is 21.1 Å². The van der Waals surface area contributed by atoms with E-state index in [-0.39, 0.29) is 37.9 Å². The maximum absolute atomic E-state index is 12.2. The van der Waals surface area contributed by atoms with Gasteiger partial charge in [0.2, 0.25) is 5.91 Å². The van der Waals surface area contributed by atoms with Crippen LogP contribution < -0.4 is 20.7 Å². The van der Waals surface area contributed by atoms with Gasteiger partial charge in [0.25, 0.3) is 5.91 Å². The average molecular weight is 462 g/mol. The minimum absolute atomic E-state index is 0.0782. The van der Waals surface area contributed by atoms with Crippen LogP contribution in [-0.4, -0.2) is 36.7 Å². The number of carbonyl (C=O) groups is 3. The second-order valence-corrected chi connectivity index (χ2v) is 8.34. The first-order valence-electron chi connectivity index (χ1n) is 10.1. The van der Waals surface area contributed by atoms with Crippen LogP contribution in [0, 0.1) is 0 Å². The van der Waals surface area contributed by atoms with E-state index in [1.165, 1.54) is 0 Å². The summed E-state index contributed by atoms with van der Waals surface area (Å²) in [7, 11) is 0. The van der Waals surface area contributed by atoms with E-state index >= 15 is 0 Å². The number of alkyl carbamates (subject to hydrolysis) is 1. The van der Waals surface area contributed by atoms with Crippen LogP contribution in [0.25, 0.3) is 0 Å². The van der Waals surface area contributed by atoms with Crippen LogP contribution in [0.15, 0.2) is 48.5 Å². The highest BCUT2D eigenvalue weighted by Gasteiger charge is 2.16. The van der Waals surface area contributed by atoms with E-state index in [2.05, 4.69) is 16.0 Å². The highest BCUT2D eigenvalue weighted by Crippen LogP contribution is 2.16. The number of ether oxygens (including phenoxy) is 2. The fraction of sp³-hybridized carbons (Fsp3) is 0.348. The zero-order chi connectivity index (χ0) is 23.6.